The van der Waals surface area contributed by atoms with Gasteiger partial charge in [0, 0.05) is 90.6 Å². The quantitative estimate of drug-likeness (QED) is 0.0905. The number of hydrogen-bond donors (Lipinski definition) is 2. The van der Waals surface area contributed by atoms with Crippen LogP contribution in [0.5, 0.6) is 0 Å². The van der Waals surface area contributed by atoms with E-state index in [1.54, 1.807) is 67.6 Å². The molecule has 9 aromatic rings. The normalized spacial score (nSPS) is 10.1. The molecule has 0 aliphatic heterocycles. The van der Waals surface area contributed by atoms with Crippen molar-refractivity contribution in [3.8, 4) is 33.6 Å². The van der Waals surface area contributed by atoms with E-state index in [1.165, 1.54) is 0 Å². The topological polar surface area (TPSA) is 153 Å². The Labute approximate surface area is 517 Å². The number of nitrogens with zero attached hydrogens (tertiary/aromatic N) is 1. The first kappa shape index (κ1) is 65.8. The van der Waals surface area contributed by atoms with Crippen molar-refractivity contribution in [2.75, 3.05) is 0 Å². The van der Waals surface area contributed by atoms with Crippen LogP contribution >= 0.6 is 114 Å². The van der Waals surface area contributed by atoms with Crippen LogP contribution in [-0.2, 0) is 4.79 Å². The zero-order valence-corrected chi connectivity index (χ0v) is 52.6. The monoisotopic (exact) mass is 1430 g/mol. The van der Waals surface area contributed by atoms with Gasteiger partial charge in [0.05, 0.1) is 11.4 Å². The number of benzene rings is 8. The average molecular weight is 1440 g/mol. The van der Waals surface area contributed by atoms with E-state index in [4.69, 9.17) is 49.7 Å². The highest BCUT2D eigenvalue weighted by Gasteiger charge is 2.22. The highest BCUT2D eigenvalue weighted by molar-refractivity contribution is 9.11. The lowest BCUT2D eigenvalue weighted by molar-refractivity contribution is -0.134. The second kappa shape index (κ2) is 33.8. The van der Waals surface area contributed by atoms with E-state index in [2.05, 4.69) is 122 Å². The van der Waals surface area contributed by atoms with E-state index in [0.717, 1.165) is 85.4 Å². The summed E-state index contributed by atoms with van der Waals surface area (Å²) in [7, 11) is 0. The molecule has 0 fully saturated rings. The number of rotatable bonds is 12. The minimum Gasteiger partial charge on any atom is -0.481 e. The average Bonchev–Trinajstić information content (AvgIpc) is 3.41. The van der Waals surface area contributed by atoms with Crippen LogP contribution in [0, 0.1) is 0 Å². The predicted octanol–water partition coefficient (Wildman–Crippen LogP) is 20.8. The summed E-state index contributed by atoms with van der Waals surface area (Å²) in [6.45, 7) is 2.64. The number of aliphatic carboxylic acids is 1. The summed E-state index contributed by atoms with van der Waals surface area (Å²) in [6, 6.07) is 64.6. The first-order valence-electron chi connectivity index (χ1n) is 23.6. The minimum atomic E-state index is -0.833. The zero-order chi connectivity index (χ0) is 56.7. The Morgan fingerprint density at radius 3 is 1.20 bits per heavy atom. The third kappa shape index (κ3) is 23.1. The molecular formula is C63H50Br5Cl3N2O6. The Morgan fingerprint density at radius 1 is 0.456 bits per heavy atom. The van der Waals surface area contributed by atoms with Crippen molar-refractivity contribution >= 4 is 144 Å². The fourth-order valence-electron chi connectivity index (χ4n) is 7.32. The van der Waals surface area contributed by atoms with Gasteiger partial charge in [0.25, 0.3) is 5.97 Å². The molecule has 0 saturated carbocycles. The van der Waals surface area contributed by atoms with Crippen LogP contribution in [0.3, 0.4) is 0 Å². The van der Waals surface area contributed by atoms with Gasteiger partial charge in [-0.1, -0.05) is 212 Å². The largest absolute Gasteiger partial charge is 0.481 e. The summed E-state index contributed by atoms with van der Waals surface area (Å²) in [4.78, 5) is 60.5. The molecule has 0 radical (unpaired) electrons. The predicted molar refractivity (Wildman–Crippen MR) is 341 cm³/mol. The molecule has 0 amide bonds. The number of aldehydes is 1. The molecule has 8 nitrogen and oxygen atoms in total. The van der Waals surface area contributed by atoms with Crippen molar-refractivity contribution in [2.45, 2.75) is 32.6 Å². The van der Waals surface area contributed by atoms with Gasteiger partial charge in [-0.15, -0.1) is 0 Å². The summed E-state index contributed by atoms with van der Waals surface area (Å²) in [5.74, 6) is -1.00. The summed E-state index contributed by atoms with van der Waals surface area (Å²) in [5.41, 5.74) is 9.60. The summed E-state index contributed by atoms with van der Waals surface area (Å²) < 4.78 is 4.70. The maximum atomic E-state index is 12.9. The number of aromatic nitrogens is 1. The van der Waals surface area contributed by atoms with E-state index in [1.807, 2.05) is 103 Å². The van der Waals surface area contributed by atoms with Crippen LogP contribution in [0.15, 0.2) is 229 Å². The minimum absolute atomic E-state index is 0. The molecule has 79 heavy (non-hydrogen) atoms. The molecular weight excluding hydrogens is 1390 g/mol. The number of halogens is 8. The molecule has 4 N–H and O–H groups in total. The van der Waals surface area contributed by atoms with E-state index < -0.39 is 5.97 Å². The molecule has 1 heterocycles. The Morgan fingerprint density at radius 2 is 0.823 bits per heavy atom. The lowest BCUT2D eigenvalue weighted by Gasteiger charge is -2.17. The third-order valence-corrected chi connectivity index (χ3v) is 14.1. The maximum absolute atomic E-state index is 12.9. The van der Waals surface area contributed by atoms with Crippen LogP contribution < -0.4 is 6.15 Å². The number of ketones is 3. The number of hydrogen-bond acceptors (Lipinski definition) is 7. The van der Waals surface area contributed by atoms with Gasteiger partial charge in [-0.3, -0.25) is 24.0 Å². The fraction of sp³-hybridized carbons (Fsp3) is 0.0794. The molecule has 9 rings (SSSR count). The molecule has 0 spiro atoms. The first-order chi connectivity index (χ1) is 37.3. The van der Waals surface area contributed by atoms with Crippen LogP contribution in [0.4, 0.5) is 0 Å². The van der Waals surface area contributed by atoms with Crippen LogP contribution in [-0.4, -0.2) is 39.7 Å². The van der Waals surface area contributed by atoms with E-state index >= 15 is 0 Å². The number of carbonyl (C=O) groups is 5. The second-order valence-corrected chi connectivity index (χ2v) is 22.8. The van der Waals surface area contributed by atoms with Crippen LogP contribution in [0.2, 0.25) is 15.1 Å². The summed E-state index contributed by atoms with van der Waals surface area (Å²) in [6.07, 6.45) is 1.24. The Balaban J connectivity index is 0.000000242. The molecule has 0 aliphatic carbocycles. The molecule has 0 atom stereocenters. The van der Waals surface area contributed by atoms with Crippen LogP contribution in [0.1, 0.15) is 79.6 Å². The van der Waals surface area contributed by atoms with Crippen molar-refractivity contribution in [3.05, 3.63) is 272 Å². The van der Waals surface area contributed by atoms with Crippen molar-refractivity contribution in [2.24, 2.45) is 0 Å². The number of Topliss-reactive ketones (excluding diaryl/α,β-unsaturated/α-hetero) is 3. The van der Waals surface area contributed by atoms with Gasteiger partial charge in [-0.2, -0.15) is 0 Å². The van der Waals surface area contributed by atoms with Gasteiger partial charge in [0.15, 0.2) is 17.3 Å². The number of carbonyl (C=O) groups excluding carboxylic acids is 4. The van der Waals surface area contributed by atoms with E-state index in [9.17, 15) is 19.2 Å². The Hall–Kier alpha value is -5.71. The molecule has 0 unspecified atom stereocenters. The number of pyridine rings is 1. The summed E-state index contributed by atoms with van der Waals surface area (Å²) >= 11 is 35.1. The number of carboxylic acids is 1. The Kier molecular flexibility index (Phi) is 28.1. The highest BCUT2D eigenvalue weighted by Crippen LogP contribution is 2.34. The van der Waals surface area contributed by atoms with Gasteiger partial charge >= 0.3 is 0 Å². The maximum Gasteiger partial charge on any atom is 0.300 e. The van der Waals surface area contributed by atoms with Crippen molar-refractivity contribution in [1.82, 2.24) is 11.1 Å². The van der Waals surface area contributed by atoms with Crippen molar-refractivity contribution in [1.29, 1.82) is 0 Å². The van der Waals surface area contributed by atoms with Gasteiger partial charge < -0.3 is 11.3 Å². The van der Waals surface area contributed by atoms with Crippen LogP contribution in [0.25, 0.3) is 33.6 Å². The van der Waals surface area contributed by atoms with E-state index in [0.29, 0.717) is 26.7 Å². The highest BCUT2D eigenvalue weighted by atomic mass is 79.9. The lowest BCUT2D eigenvalue weighted by atomic mass is 9.86. The number of carboxylic acid groups (broad SMARTS) is 1. The van der Waals surface area contributed by atoms with E-state index in [-0.39, 0.29) is 42.3 Å². The Bertz CT molecular complexity index is 3330. The van der Waals surface area contributed by atoms with Gasteiger partial charge in [0.1, 0.15) is 6.29 Å². The van der Waals surface area contributed by atoms with Gasteiger partial charge in [-0.25, -0.2) is 4.98 Å². The van der Waals surface area contributed by atoms with Gasteiger partial charge in [0.2, 0.25) is 0 Å². The molecule has 16 heteroatoms. The van der Waals surface area contributed by atoms with Gasteiger partial charge in [-0.05, 0) is 139 Å². The molecule has 0 saturated heterocycles. The molecule has 404 valence electrons. The first-order valence-corrected chi connectivity index (χ1v) is 28.7. The second-order valence-electron chi connectivity index (χ2n) is 16.9. The molecule has 0 aliphatic rings. The smallest absolute Gasteiger partial charge is 0.300 e. The van der Waals surface area contributed by atoms with Crippen molar-refractivity contribution in [3.63, 3.8) is 0 Å². The fourth-order valence-corrected chi connectivity index (χ4v) is 9.90. The van der Waals surface area contributed by atoms with Crippen molar-refractivity contribution < 1.29 is 29.1 Å². The zero-order valence-electron chi connectivity index (χ0n) is 42.4. The molecule has 0 bridgehead atoms. The standard InChI is InChI=1S/C23H14Br2ClN.C23H17Br2ClO2.C8H7BrO.C7H5ClO.C2H4O2.H3N/c24-19-7-1-5-16(10-19)22-13-18(15-4-3-9-21(26)12-15)14-23(27-22)17-6-2-8-20(25)11-17;24-19-7-1-5-16(10-19)22(27)13-18(15-4-3-9-21(26)12-15)14-23(28)17-6-2-8-20(25)11-17;1-6(10)7-3-2-4-8(9)5-7;8-7-3-1-2-6(4-7)5-9;1-2(3)4;/h1-14H;1-12,18H,13-14H2;2-5H,1H3;1-5H;1H3,(H,3,4);1H3. The summed E-state index contributed by atoms with van der Waals surface area (Å²) in [5, 5.41) is 9.32. The third-order valence-electron chi connectivity index (χ3n) is 10.9. The lowest BCUT2D eigenvalue weighted by Crippen LogP contribution is -2.13. The molecule has 8 aromatic carbocycles. The SMILES string of the molecule is CC(=O)O.CC(=O)c1cccc(Br)c1.Clc1cccc(-c2cc(-c3cccc(Br)c3)nc(-c3cccc(Br)c3)c2)c1.N.O=C(CC(CC(=O)c1cccc(Br)c1)c1cccc(Cl)c1)c1cccc(Br)c1.O=Cc1cccc(Cl)c1. The molecule has 1 aromatic heterocycles.